The second-order valence-electron chi connectivity index (χ2n) is 2.74. The maximum absolute atomic E-state index is 9.37. The number of hydrogen-bond donors (Lipinski definition) is 1. The molecule has 1 aliphatic rings. The summed E-state index contributed by atoms with van der Waals surface area (Å²) in [6.07, 6.45) is 0.222. The second-order valence-corrected chi connectivity index (χ2v) is 3.18. The van der Waals surface area contributed by atoms with Gasteiger partial charge in [-0.15, -0.1) is 0 Å². The Morgan fingerprint density at radius 2 is 2.07 bits per heavy atom. The van der Waals surface area contributed by atoms with E-state index in [1.807, 2.05) is 0 Å². The molecule has 1 aliphatic heterocycles. The van der Waals surface area contributed by atoms with E-state index in [1.165, 1.54) is 0 Å². The van der Waals surface area contributed by atoms with E-state index in [2.05, 4.69) is 0 Å². The third-order valence-corrected chi connectivity index (χ3v) is 1.87. The van der Waals surface area contributed by atoms with Gasteiger partial charge in [-0.1, -0.05) is 18.5 Å². The first-order chi connectivity index (χ1) is 7.13. The van der Waals surface area contributed by atoms with Crippen LogP contribution in [0.1, 0.15) is 13.3 Å². The van der Waals surface area contributed by atoms with Crippen LogP contribution in [0, 0.1) is 0 Å². The molecule has 4 nitrogen and oxygen atoms in total. The van der Waals surface area contributed by atoms with Crippen LogP contribution in [0.5, 0.6) is 11.5 Å². The van der Waals surface area contributed by atoms with Crippen LogP contribution >= 0.6 is 11.6 Å². The molecule has 0 unspecified atom stereocenters. The molecule has 15 heavy (non-hydrogen) atoms. The number of carboxylic acid groups (broad SMARTS) is 1. The minimum atomic E-state index is -0.745. The molecule has 82 valence electrons. The van der Waals surface area contributed by atoms with E-state index in [4.69, 9.17) is 26.2 Å². The summed E-state index contributed by atoms with van der Waals surface area (Å²) >= 11 is 5.69. The number of fused-ring (bicyclic) bond motifs is 1. The van der Waals surface area contributed by atoms with Gasteiger partial charge in [0, 0.05) is 17.5 Å². The number of halogens is 1. The van der Waals surface area contributed by atoms with Crippen molar-refractivity contribution >= 4 is 17.6 Å². The molecule has 0 bridgehead atoms. The summed E-state index contributed by atoms with van der Waals surface area (Å²) in [5.41, 5.74) is 0. The fourth-order valence-corrected chi connectivity index (χ4v) is 1.03. The molecule has 1 aromatic rings. The minimum absolute atomic E-state index is 0.222. The SMILES string of the molecule is CCC(=O)O.Clc1ccc2c(c1)OCO2. The van der Waals surface area contributed by atoms with E-state index < -0.39 is 5.97 Å². The average Bonchev–Trinajstić information content (AvgIpc) is 2.65. The van der Waals surface area contributed by atoms with Crippen LogP contribution in [0.4, 0.5) is 0 Å². The third kappa shape index (κ3) is 3.67. The van der Waals surface area contributed by atoms with Crippen molar-refractivity contribution < 1.29 is 19.4 Å². The van der Waals surface area contributed by atoms with E-state index in [0.717, 1.165) is 11.5 Å². The number of ether oxygens (including phenoxy) is 2. The fraction of sp³-hybridized carbons (Fsp3) is 0.300. The molecule has 0 fully saturated rings. The zero-order valence-corrected chi connectivity index (χ0v) is 8.95. The second kappa shape index (κ2) is 5.46. The number of aliphatic carboxylic acids is 1. The Kier molecular flexibility index (Phi) is 4.24. The Morgan fingerprint density at radius 3 is 2.67 bits per heavy atom. The molecule has 1 heterocycles. The number of hydrogen-bond acceptors (Lipinski definition) is 3. The van der Waals surface area contributed by atoms with Crippen molar-refractivity contribution in [2.24, 2.45) is 0 Å². The molecule has 0 saturated heterocycles. The highest BCUT2D eigenvalue weighted by Gasteiger charge is 2.11. The summed E-state index contributed by atoms with van der Waals surface area (Å²) in [4.78, 5) is 9.37. The van der Waals surface area contributed by atoms with Crippen LogP contribution < -0.4 is 9.47 Å². The molecule has 0 spiro atoms. The Bertz CT molecular complexity index is 351. The highest BCUT2D eigenvalue weighted by atomic mass is 35.5. The molecule has 0 aliphatic carbocycles. The van der Waals surface area contributed by atoms with Gasteiger partial charge >= 0.3 is 5.97 Å². The first kappa shape index (κ1) is 11.7. The Labute approximate surface area is 92.4 Å². The lowest BCUT2D eigenvalue weighted by atomic mass is 10.3. The van der Waals surface area contributed by atoms with Crippen LogP contribution in [0.25, 0.3) is 0 Å². The maximum atomic E-state index is 9.37. The van der Waals surface area contributed by atoms with Gasteiger partial charge in [-0.2, -0.15) is 0 Å². The van der Waals surface area contributed by atoms with Crippen LogP contribution in [0.2, 0.25) is 5.02 Å². The summed E-state index contributed by atoms with van der Waals surface area (Å²) < 4.78 is 10.1. The zero-order chi connectivity index (χ0) is 11.3. The lowest BCUT2D eigenvalue weighted by Gasteiger charge is -1.93. The quantitative estimate of drug-likeness (QED) is 0.806. The normalized spacial score (nSPS) is 11.6. The lowest BCUT2D eigenvalue weighted by Crippen LogP contribution is -1.92. The van der Waals surface area contributed by atoms with Crippen molar-refractivity contribution in [3.8, 4) is 11.5 Å². The minimum Gasteiger partial charge on any atom is -0.481 e. The van der Waals surface area contributed by atoms with Gasteiger partial charge in [-0.3, -0.25) is 4.79 Å². The van der Waals surface area contributed by atoms with Crippen molar-refractivity contribution in [3.63, 3.8) is 0 Å². The molecule has 0 saturated carbocycles. The monoisotopic (exact) mass is 230 g/mol. The van der Waals surface area contributed by atoms with Crippen LogP contribution in [-0.2, 0) is 4.79 Å². The van der Waals surface area contributed by atoms with Crippen molar-refractivity contribution in [2.45, 2.75) is 13.3 Å². The van der Waals surface area contributed by atoms with Gasteiger partial charge in [0.05, 0.1) is 0 Å². The van der Waals surface area contributed by atoms with E-state index in [-0.39, 0.29) is 6.42 Å². The summed E-state index contributed by atoms with van der Waals surface area (Å²) in [5.74, 6) is 0.752. The van der Waals surface area contributed by atoms with Gasteiger partial charge in [-0.25, -0.2) is 0 Å². The third-order valence-electron chi connectivity index (χ3n) is 1.64. The van der Waals surface area contributed by atoms with Gasteiger partial charge in [0.15, 0.2) is 11.5 Å². The molecule has 0 aromatic heterocycles. The highest BCUT2D eigenvalue weighted by Crippen LogP contribution is 2.33. The number of benzene rings is 1. The Hall–Kier alpha value is -1.42. The zero-order valence-electron chi connectivity index (χ0n) is 8.20. The summed E-state index contributed by atoms with van der Waals surface area (Å²) in [7, 11) is 0. The first-order valence-electron chi connectivity index (χ1n) is 4.40. The van der Waals surface area contributed by atoms with Crippen LogP contribution in [-0.4, -0.2) is 17.9 Å². The molecular weight excluding hydrogens is 220 g/mol. The predicted molar refractivity (Wildman–Crippen MR) is 55.5 cm³/mol. The van der Waals surface area contributed by atoms with Crippen molar-refractivity contribution in [3.05, 3.63) is 23.2 Å². The maximum Gasteiger partial charge on any atom is 0.303 e. The topological polar surface area (TPSA) is 55.8 Å². The number of rotatable bonds is 1. The van der Waals surface area contributed by atoms with Gasteiger partial charge in [0.25, 0.3) is 0 Å². The largest absolute Gasteiger partial charge is 0.481 e. The lowest BCUT2D eigenvalue weighted by molar-refractivity contribution is -0.136. The van der Waals surface area contributed by atoms with E-state index in [0.29, 0.717) is 11.8 Å². The smallest absolute Gasteiger partial charge is 0.303 e. The van der Waals surface area contributed by atoms with Crippen LogP contribution in [0.3, 0.4) is 0 Å². The molecule has 1 N–H and O–H groups in total. The fourth-order valence-electron chi connectivity index (χ4n) is 0.870. The molecular formula is C10H11ClO4. The number of carbonyl (C=O) groups is 1. The number of carboxylic acids is 1. The first-order valence-corrected chi connectivity index (χ1v) is 4.78. The summed E-state index contributed by atoms with van der Waals surface area (Å²) in [6, 6.07) is 5.31. The average molecular weight is 231 g/mol. The predicted octanol–water partition coefficient (Wildman–Crippen LogP) is 2.55. The molecule has 2 rings (SSSR count). The molecule has 0 atom stereocenters. The van der Waals surface area contributed by atoms with Gasteiger partial charge in [0.1, 0.15) is 0 Å². The van der Waals surface area contributed by atoms with Crippen LogP contribution in [0.15, 0.2) is 18.2 Å². The Morgan fingerprint density at radius 1 is 1.47 bits per heavy atom. The summed E-state index contributed by atoms with van der Waals surface area (Å²) in [5, 5.41) is 8.39. The van der Waals surface area contributed by atoms with E-state index in [9.17, 15) is 4.79 Å². The molecule has 0 amide bonds. The van der Waals surface area contributed by atoms with Gasteiger partial charge in [0.2, 0.25) is 6.79 Å². The molecule has 1 aromatic carbocycles. The van der Waals surface area contributed by atoms with Crippen molar-refractivity contribution in [1.29, 1.82) is 0 Å². The summed E-state index contributed by atoms with van der Waals surface area (Å²) in [6.45, 7) is 1.90. The van der Waals surface area contributed by atoms with Gasteiger partial charge in [-0.05, 0) is 12.1 Å². The van der Waals surface area contributed by atoms with Crippen molar-refractivity contribution in [2.75, 3.05) is 6.79 Å². The highest BCUT2D eigenvalue weighted by molar-refractivity contribution is 6.30. The van der Waals surface area contributed by atoms with E-state index >= 15 is 0 Å². The Balaban J connectivity index is 0.000000195. The molecule has 5 heteroatoms. The van der Waals surface area contributed by atoms with Crippen molar-refractivity contribution in [1.82, 2.24) is 0 Å². The standard InChI is InChI=1S/C7H5ClO2.C3H6O2/c8-5-1-2-6-7(3-5)10-4-9-6;1-2-3(4)5/h1-3H,4H2;2H2,1H3,(H,4,5). The van der Waals surface area contributed by atoms with E-state index in [1.54, 1.807) is 25.1 Å². The molecule has 0 radical (unpaired) electrons. The van der Waals surface area contributed by atoms with Gasteiger partial charge < -0.3 is 14.6 Å².